The van der Waals surface area contributed by atoms with E-state index in [2.05, 4.69) is 9.55 Å². The molecule has 5 nitrogen and oxygen atoms in total. The molecule has 1 amide bonds. The van der Waals surface area contributed by atoms with Gasteiger partial charge in [-0.25, -0.2) is 9.37 Å². The van der Waals surface area contributed by atoms with Gasteiger partial charge in [-0.05, 0) is 47.7 Å². The number of fused-ring (bicyclic) bond motifs is 1. The van der Waals surface area contributed by atoms with E-state index >= 15 is 0 Å². The lowest BCUT2D eigenvalue weighted by molar-refractivity contribution is -0.0804. The van der Waals surface area contributed by atoms with Crippen molar-refractivity contribution in [2.24, 2.45) is 0 Å². The summed E-state index contributed by atoms with van der Waals surface area (Å²) in [6.07, 6.45) is 2.61. The van der Waals surface area contributed by atoms with Crippen LogP contribution in [0.4, 0.5) is 4.39 Å². The molecule has 0 unspecified atom stereocenters. The molecule has 138 valence electrons. The number of aromatic nitrogens is 2. The number of halogens is 1. The Kier molecular flexibility index (Phi) is 3.87. The first-order valence-corrected chi connectivity index (χ1v) is 9.84. The summed E-state index contributed by atoms with van der Waals surface area (Å²) in [4.78, 5) is 19.0. The summed E-state index contributed by atoms with van der Waals surface area (Å²) in [7, 11) is 0. The molecule has 0 bridgehead atoms. The summed E-state index contributed by atoms with van der Waals surface area (Å²) in [5, 5.41) is 3.80. The van der Waals surface area contributed by atoms with Gasteiger partial charge in [0.2, 0.25) is 0 Å². The van der Waals surface area contributed by atoms with Gasteiger partial charge in [-0.2, -0.15) is 11.3 Å². The molecular weight excluding hydrogens is 365 g/mol. The molecule has 3 aromatic rings. The third kappa shape index (κ3) is 2.87. The highest BCUT2D eigenvalue weighted by Gasteiger charge is 2.44. The predicted octanol–water partition coefficient (Wildman–Crippen LogP) is 3.57. The van der Waals surface area contributed by atoms with Crippen LogP contribution in [0.2, 0.25) is 0 Å². The van der Waals surface area contributed by atoms with E-state index in [1.807, 2.05) is 27.9 Å². The second-order valence-electron chi connectivity index (χ2n) is 7.11. The number of likely N-dealkylation sites (tertiary alicyclic amines) is 1. The van der Waals surface area contributed by atoms with Gasteiger partial charge in [0.05, 0.1) is 30.5 Å². The predicted molar refractivity (Wildman–Crippen MR) is 100.0 cm³/mol. The monoisotopic (exact) mass is 383 g/mol. The van der Waals surface area contributed by atoms with Crippen molar-refractivity contribution in [3.8, 4) is 11.3 Å². The van der Waals surface area contributed by atoms with Crippen molar-refractivity contribution in [1.29, 1.82) is 0 Å². The van der Waals surface area contributed by atoms with Crippen LogP contribution in [-0.4, -0.2) is 39.0 Å². The minimum Gasteiger partial charge on any atom is -0.363 e. The molecule has 0 saturated carbocycles. The number of ether oxygens (including phenoxy) is 1. The fourth-order valence-electron chi connectivity index (χ4n) is 3.94. The topological polar surface area (TPSA) is 47.4 Å². The van der Waals surface area contributed by atoms with Crippen molar-refractivity contribution < 1.29 is 13.9 Å². The van der Waals surface area contributed by atoms with Crippen LogP contribution >= 0.6 is 11.3 Å². The van der Waals surface area contributed by atoms with Crippen molar-refractivity contribution in [3.63, 3.8) is 0 Å². The van der Waals surface area contributed by atoms with Gasteiger partial charge in [-0.1, -0.05) is 0 Å². The molecule has 0 radical (unpaired) electrons. The maximum atomic E-state index is 13.3. The summed E-state index contributed by atoms with van der Waals surface area (Å²) in [6.45, 7) is 2.32. The summed E-state index contributed by atoms with van der Waals surface area (Å²) >= 11 is 1.53. The summed E-state index contributed by atoms with van der Waals surface area (Å²) < 4.78 is 21.6. The van der Waals surface area contributed by atoms with E-state index in [-0.39, 0.29) is 11.7 Å². The van der Waals surface area contributed by atoms with Crippen LogP contribution < -0.4 is 0 Å². The van der Waals surface area contributed by atoms with Crippen LogP contribution in [0, 0.1) is 5.82 Å². The van der Waals surface area contributed by atoms with Crippen LogP contribution in [-0.2, 0) is 17.9 Å². The molecule has 2 aliphatic heterocycles. The van der Waals surface area contributed by atoms with Gasteiger partial charge < -0.3 is 14.2 Å². The lowest BCUT2D eigenvalue weighted by atomic mass is 10.0. The van der Waals surface area contributed by atoms with Crippen molar-refractivity contribution in [2.75, 3.05) is 13.1 Å². The van der Waals surface area contributed by atoms with E-state index in [1.165, 1.54) is 23.5 Å². The molecule has 1 atom stereocenters. The number of hydrogen-bond donors (Lipinski definition) is 0. The molecule has 0 N–H and O–H groups in total. The van der Waals surface area contributed by atoms with E-state index < -0.39 is 5.60 Å². The van der Waals surface area contributed by atoms with Crippen LogP contribution in [0.15, 0.2) is 47.3 Å². The maximum Gasteiger partial charge on any atom is 0.254 e. The van der Waals surface area contributed by atoms with E-state index in [0.29, 0.717) is 26.2 Å². The van der Waals surface area contributed by atoms with Crippen LogP contribution in [0.1, 0.15) is 22.6 Å². The lowest BCUT2D eigenvalue weighted by Crippen LogP contribution is -2.45. The normalized spacial score (nSPS) is 21.6. The van der Waals surface area contributed by atoms with Gasteiger partial charge in [0.1, 0.15) is 23.8 Å². The van der Waals surface area contributed by atoms with E-state index in [9.17, 15) is 9.18 Å². The van der Waals surface area contributed by atoms with Crippen LogP contribution in [0.3, 0.4) is 0 Å². The van der Waals surface area contributed by atoms with Gasteiger partial charge in [0, 0.05) is 11.9 Å². The first kappa shape index (κ1) is 16.6. The molecule has 2 aliphatic rings. The average Bonchev–Trinajstić information content (AvgIpc) is 3.42. The number of carbonyl (C=O) groups is 1. The summed E-state index contributed by atoms with van der Waals surface area (Å²) in [6, 6.07) is 8.31. The van der Waals surface area contributed by atoms with Gasteiger partial charge in [0.25, 0.3) is 5.91 Å². The number of hydrogen-bond acceptors (Lipinski definition) is 4. The largest absolute Gasteiger partial charge is 0.363 e. The Bertz CT molecular complexity index is 983. The fraction of sp³-hybridized carbons (Fsp3) is 0.300. The standard InChI is InChI=1S/C20H18FN3O2S/c21-16-3-1-14(2-4-16)17-9-22-18-10-26-20(13-24(17)18)6-7-23(12-20)19(25)15-5-8-27-11-15/h1-5,8-9,11H,6-7,10,12-13H2/t20-/m1/s1. The SMILES string of the molecule is O=C(c1ccsc1)N1CC[C@@]2(C1)Cn1c(-c3ccc(F)cc3)cnc1CO2. The molecule has 1 saturated heterocycles. The zero-order valence-electron chi connectivity index (χ0n) is 14.6. The van der Waals surface area contributed by atoms with E-state index in [0.717, 1.165) is 29.1 Å². The highest BCUT2D eigenvalue weighted by atomic mass is 32.1. The fourth-order valence-corrected chi connectivity index (χ4v) is 4.57. The molecule has 0 aliphatic carbocycles. The zero-order chi connectivity index (χ0) is 18.4. The summed E-state index contributed by atoms with van der Waals surface area (Å²) in [5.41, 5.74) is 2.23. The van der Waals surface area contributed by atoms with E-state index in [1.54, 1.807) is 12.1 Å². The molecule has 1 spiro atoms. The number of imidazole rings is 1. The maximum absolute atomic E-state index is 13.3. The minimum absolute atomic E-state index is 0.0620. The number of carbonyl (C=O) groups excluding carboxylic acids is 1. The van der Waals surface area contributed by atoms with Gasteiger partial charge in [0.15, 0.2) is 0 Å². The molecule has 1 fully saturated rings. The van der Waals surface area contributed by atoms with Crippen LogP contribution in [0.25, 0.3) is 11.3 Å². The molecule has 2 aromatic heterocycles. The quantitative estimate of drug-likeness (QED) is 0.680. The third-order valence-corrected chi connectivity index (χ3v) is 6.09. The van der Waals surface area contributed by atoms with Crippen LogP contribution in [0.5, 0.6) is 0 Å². The number of amides is 1. The zero-order valence-corrected chi connectivity index (χ0v) is 15.4. The van der Waals surface area contributed by atoms with Gasteiger partial charge >= 0.3 is 0 Å². The lowest BCUT2D eigenvalue weighted by Gasteiger charge is -2.35. The number of nitrogens with zero attached hydrogens (tertiary/aromatic N) is 3. The number of benzene rings is 1. The summed E-state index contributed by atoms with van der Waals surface area (Å²) in [5.74, 6) is 0.671. The first-order valence-electron chi connectivity index (χ1n) is 8.89. The highest BCUT2D eigenvalue weighted by molar-refractivity contribution is 7.08. The van der Waals surface area contributed by atoms with Crippen molar-refractivity contribution in [3.05, 3.63) is 64.5 Å². The van der Waals surface area contributed by atoms with Crippen molar-refractivity contribution >= 4 is 17.2 Å². The Morgan fingerprint density at radius 2 is 2.07 bits per heavy atom. The molecule has 1 aromatic carbocycles. The number of thiophene rings is 1. The highest BCUT2D eigenvalue weighted by Crippen LogP contribution is 2.35. The smallest absolute Gasteiger partial charge is 0.254 e. The molecule has 5 rings (SSSR count). The minimum atomic E-state index is -0.395. The molecule has 4 heterocycles. The molecular formula is C20H18FN3O2S. The number of rotatable bonds is 2. The van der Waals surface area contributed by atoms with E-state index in [4.69, 9.17) is 4.74 Å². The second kappa shape index (κ2) is 6.28. The van der Waals surface area contributed by atoms with Gasteiger partial charge in [-0.15, -0.1) is 0 Å². The molecule has 7 heteroatoms. The Hall–Kier alpha value is -2.51. The molecule has 27 heavy (non-hydrogen) atoms. The Morgan fingerprint density at radius 3 is 2.85 bits per heavy atom. The second-order valence-corrected chi connectivity index (χ2v) is 7.89. The third-order valence-electron chi connectivity index (χ3n) is 5.40. The first-order chi connectivity index (χ1) is 13.1. The Balaban J connectivity index is 1.40. The Morgan fingerprint density at radius 1 is 1.22 bits per heavy atom. The Labute approximate surface area is 160 Å². The average molecular weight is 383 g/mol. The van der Waals surface area contributed by atoms with Gasteiger partial charge in [-0.3, -0.25) is 4.79 Å². The van der Waals surface area contributed by atoms with Crippen molar-refractivity contribution in [1.82, 2.24) is 14.5 Å². The van der Waals surface area contributed by atoms with Crippen molar-refractivity contribution in [2.45, 2.75) is 25.2 Å².